The van der Waals surface area contributed by atoms with Crippen LogP contribution >= 0.6 is 0 Å². The summed E-state index contributed by atoms with van der Waals surface area (Å²) in [6.45, 7) is 1.50. The van der Waals surface area contributed by atoms with E-state index in [9.17, 15) is 9.90 Å². The molecule has 1 amide bonds. The van der Waals surface area contributed by atoms with Crippen LogP contribution in [0.5, 0.6) is 5.75 Å². The molecule has 1 fully saturated rings. The van der Waals surface area contributed by atoms with Gasteiger partial charge < -0.3 is 26.2 Å². The number of carbonyl (C=O) groups is 1. The lowest BCUT2D eigenvalue weighted by atomic mass is 9.73. The molecule has 5 rings (SSSR count). The minimum Gasteiger partial charge on any atom is -0.479 e. The van der Waals surface area contributed by atoms with E-state index in [0.29, 0.717) is 23.0 Å². The molecule has 1 aliphatic carbocycles. The van der Waals surface area contributed by atoms with Crippen molar-refractivity contribution in [2.75, 3.05) is 24.6 Å². The number of primary amides is 1. The molecule has 9 nitrogen and oxygen atoms in total. The van der Waals surface area contributed by atoms with Gasteiger partial charge in [0.2, 0.25) is 0 Å². The number of aromatic nitrogens is 3. The van der Waals surface area contributed by atoms with Crippen LogP contribution in [0.1, 0.15) is 51.9 Å². The van der Waals surface area contributed by atoms with Gasteiger partial charge in [0.15, 0.2) is 5.82 Å². The van der Waals surface area contributed by atoms with E-state index in [1.807, 2.05) is 0 Å². The third-order valence-corrected chi connectivity index (χ3v) is 7.14. The lowest BCUT2D eigenvalue weighted by molar-refractivity contribution is 0.0995. The Bertz CT molecular complexity index is 1320. The molecule has 1 saturated heterocycles. The number of nitrogens with two attached hydrogens (primary N) is 2. The number of nitrogens with zero attached hydrogens (tertiary/aromatic N) is 4. The normalized spacial score (nSPS) is 17.8. The van der Waals surface area contributed by atoms with Crippen LogP contribution in [0, 0.1) is 17.3 Å². The zero-order valence-electron chi connectivity index (χ0n) is 19.9. The summed E-state index contributed by atoms with van der Waals surface area (Å²) in [5.41, 5.74) is 15.7. The second-order valence-corrected chi connectivity index (χ2v) is 9.22. The minimum atomic E-state index is -0.597. The van der Waals surface area contributed by atoms with Crippen molar-refractivity contribution in [2.24, 2.45) is 16.9 Å². The van der Waals surface area contributed by atoms with Crippen LogP contribution in [-0.4, -0.2) is 45.7 Å². The van der Waals surface area contributed by atoms with Crippen LogP contribution in [0.3, 0.4) is 0 Å². The SMILES string of the molecule is NC(=O)c1ccc(OCC#Cc2cnc(N3CCC4(CC3)Cc3ccccc3[C@H]4N)c(CO)n2)cn1. The number of carbonyl (C=O) groups excluding carboxylic acids is 1. The van der Waals surface area contributed by atoms with Crippen LogP contribution in [0.25, 0.3) is 0 Å². The van der Waals surface area contributed by atoms with Crippen LogP contribution in [0.4, 0.5) is 5.82 Å². The first-order chi connectivity index (χ1) is 17.5. The number of ether oxygens (including phenoxy) is 1. The van der Waals surface area contributed by atoms with Crippen molar-refractivity contribution >= 4 is 11.7 Å². The van der Waals surface area contributed by atoms with Crippen LogP contribution < -0.4 is 21.1 Å². The van der Waals surface area contributed by atoms with Crippen LogP contribution in [0.2, 0.25) is 0 Å². The maximum atomic E-state index is 11.1. The van der Waals surface area contributed by atoms with E-state index in [4.69, 9.17) is 16.2 Å². The number of hydrogen-bond donors (Lipinski definition) is 3. The molecule has 1 aliphatic heterocycles. The molecule has 2 aliphatic rings. The second-order valence-electron chi connectivity index (χ2n) is 9.22. The molecule has 2 aromatic heterocycles. The van der Waals surface area contributed by atoms with Crippen molar-refractivity contribution in [1.82, 2.24) is 15.0 Å². The summed E-state index contributed by atoms with van der Waals surface area (Å²) < 4.78 is 5.51. The van der Waals surface area contributed by atoms with Gasteiger partial charge in [0.25, 0.3) is 5.91 Å². The predicted octanol–water partition coefficient (Wildman–Crippen LogP) is 1.74. The molecule has 3 heterocycles. The van der Waals surface area contributed by atoms with E-state index in [2.05, 4.69) is 56.0 Å². The molecule has 1 spiro atoms. The fraction of sp³-hybridized carbons (Fsp3) is 0.333. The molecular weight excluding hydrogens is 456 g/mol. The van der Waals surface area contributed by atoms with Crippen molar-refractivity contribution in [1.29, 1.82) is 0 Å². The number of pyridine rings is 1. The number of anilines is 1. The van der Waals surface area contributed by atoms with E-state index >= 15 is 0 Å². The first-order valence-electron chi connectivity index (χ1n) is 11.9. The smallest absolute Gasteiger partial charge is 0.267 e. The Balaban J connectivity index is 1.21. The fourth-order valence-electron chi connectivity index (χ4n) is 5.18. The second kappa shape index (κ2) is 9.93. The monoisotopic (exact) mass is 484 g/mol. The lowest BCUT2D eigenvalue weighted by Gasteiger charge is -2.42. The van der Waals surface area contributed by atoms with E-state index in [1.54, 1.807) is 12.3 Å². The molecule has 0 saturated carbocycles. The number of amides is 1. The van der Waals surface area contributed by atoms with Gasteiger partial charge in [-0.15, -0.1) is 0 Å². The van der Waals surface area contributed by atoms with Crippen molar-refractivity contribution in [3.05, 3.63) is 77.0 Å². The van der Waals surface area contributed by atoms with E-state index in [0.717, 1.165) is 32.4 Å². The summed E-state index contributed by atoms with van der Waals surface area (Å²) in [7, 11) is 0. The molecule has 36 heavy (non-hydrogen) atoms. The molecule has 0 bridgehead atoms. The molecule has 3 aromatic rings. The molecule has 5 N–H and O–H groups in total. The number of fused-ring (bicyclic) bond motifs is 1. The van der Waals surface area contributed by atoms with Gasteiger partial charge >= 0.3 is 0 Å². The number of hydrogen-bond acceptors (Lipinski definition) is 8. The maximum absolute atomic E-state index is 11.1. The van der Waals surface area contributed by atoms with Gasteiger partial charge in [0.05, 0.1) is 19.0 Å². The molecule has 1 atom stereocenters. The van der Waals surface area contributed by atoms with Gasteiger partial charge in [0.1, 0.15) is 29.4 Å². The average molecular weight is 485 g/mol. The average Bonchev–Trinajstić information content (AvgIpc) is 3.18. The number of rotatable bonds is 5. The Morgan fingerprint density at radius 2 is 1.97 bits per heavy atom. The fourth-order valence-corrected chi connectivity index (χ4v) is 5.18. The summed E-state index contributed by atoms with van der Waals surface area (Å²) in [6.07, 6.45) is 5.97. The van der Waals surface area contributed by atoms with Gasteiger partial charge in [-0.1, -0.05) is 30.2 Å². The summed E-state index contributed by atoms with van der Waals surface area (Å²) in [4.78, 5) is 26.3. The zero-order chi connectivity index (χ0) is 25.1. The van der Waals surface area contributed by atoms with Gasteiger partial charge in [-0.3, -0.25) is 4.79 Å². The summed E-state index contributed by atoms with van der Waals surface area (Å²) in [5, 5.41) is 9.96. The number of piperidine rings is 1. The van der Waals surface area contributed by atoms with Crippen molar-refractivity contribution in [3.8, 4) is 17.6 Å². The highest BCUT2D eigenvalue weighted by Gasteiger charge is 2.46. The van der Waals surface area contributed by atoms with Crippen molar-refractivity contribution in [3.63, 3.8) is 0 Å². The predicted molar refractivity (Wildman–Crippen MR) is 134 cm³/mol. The first-order valence-corrected chi connectivity index (χ1v) is 11.9. The topological polar surface area (TPSA) is 140 Å². The number of aliphatic hydroxyl groups is 1. The van der Waals surface area contributed by atoms with Gasteiger partial charge in [-0.25, -0.2) is 15.0 Å². The standard InChI is InChI=1S/C27H28N6O3/c28-24-21-6-2-1-4-18(21)14-27(24)9-11-33(12-10-27)26-23(17-34)32-19(15-31-26)5-3-13-36-20-7-8-22(25(29)35)30-16-20/h1-2,4,6-8,15-16,24,34H,9-14,17,28H2,(H2,29,35)/t24-/m1/s1. The number of benzene rings is 1. The third kappa shape index (κ3) is 4.61. The summed E-state index contributed by atoms with van der Waals surface area (Å²) in [6, 6.07) is 11.6. The Labute approximate surface area is 209 Å². The van der Waals surface area contributed by atoms with E-state index < -0.39 is 5.91 Å². The molecule has 184 valence electrons. The Hall–Kier alpha value is -4.00. The van der Waals surface area contributed by atoms with Crippen LogP contribution in [0.15, 0.2) is 48.8 Å². The molecular formula is C27H28N6O3. The summed E-state index contributed by atoms with van der Waals surface area (Å²) >= 11 is 0. The highest BCUT2D eigenvalue weighted by atomic mass is 16.5. The number of aliphatic hydroxyl groups excluding tert-OH is 1. The van der Waals surface area contributed by atoms with Gasteiger partial charge in [0, 0.05) is 19.1 Å². The van der Waals surface area contributed by atoms with Crippen molar-refractivity contribution < 1.29 is 14.6 Å². The van der Waals surface area contributed by atoms with E-state index in [-0.39, 0.29) is 30.4 Å². The highest BCUT2D eigenvalue weighted by molar-refractivity contribution is 5.90. The summed E-state index contributed by atoms with van der Waals surface area (Å²) in [5.74, 6) is 6.36. The molecule has 9 heteroatoms. The zero-order valence-corrected chi connectivity index (χ0v) is 19.9. The quantitative estimate of drug-likeness (QED) is 0.465. The lowest BCUT2D eigenvalue weighted by Crippen LogP contribution is -2.45. The Kier molecular flexibility index (Phi) is 6.55. The first kappa shape index (κ1) is 23.7. The Morgan fingerprint density at radius 1 is 1.17 bits per heavy atom. The molecule has 0 unspecified atom stereocenters. The van der Waals surface area contributed by atoms with Gasteiger partial charge in [-0.2, -0.15) is 0 Å². The van der Waals surface area contributed by atoms with E-state index in [1.165, 1.54) is 23.4 Å². The largest absolute Gasteiger partial charge is 0.479 e. The molecule has 0 radical (unpaired) electrons. The van der Waals surface area contributed by atoms with Crippen molar-refractivity contribution in [2.45, 2.75) is 31.9 Å². The molecule has 1 aromatic carbocycles. The highest BCUT2D eigenvalue weighted by Crippen LogP contribution is 2.50. The van der Waals surface area contributed by atoms with Crippen LogP contribution in [-0.2, 0) is 13.0 Å². The Morgan fingerprint density at radius 3 is 2.67 bits per heavy atom. The van der Waals surface area contributed by atoms with Gasteiger partial charge in [-0.05, 0) is 53.9 Å². The third-order valence-electron chi connectivity index (χ3n) is 7.14. The minimum absolute atomic E-state index is 0.0518. The maximum Gasteiger partial charge on any atom is 0.267 e.